The summed E-state index contributed by atoms with van der Waals surface area (Å²) in [7, 11) is 0. The van der Waals surface area contributed by atoms with E-state index in [0.717, 1.165) is 12.0 Å². The Kier molecular flexibility index (Phi) is 4.94. The molecule has 0 amide bonds. The standard InChI is InChI=1S/C20H20INO2/c1-14-3-5-15(6-4-14)19(23)24-18-9-7-16(8-10-18)20(2)12-11-17(21)13-22-20/h3,5-14,22H,4H2,1-2H3. The Morgan fingerprint density at radius 2 is 2.04 bits per heavy atom. The maximum atomic E-state index is 12.2. The van der Waals surface area contributed by atoms with Gasteiger partial charge in [0.25, 0.3) is 0 Å². The molecule has 0 saturated heterocycles. The normalized spacial score (nSPS) is 25.5. The van der Waals surface area contributed by atoms with Crippen molar-refractivity contribution >= 4 is 28.6 Å². The molecular formula is C20H20INO2. The molecule has 4 heteroatoms. The summed E-state index contributed by atoms with van der Waals surface area (Å²) in [6, 6.07) is 7.65. The molecule has 0 bridgehead atoms. The summed E-state index contributed by atoms with van der Waals surface area (Å²) in [5.74, 6) is 0.741. The zero-order valence-electron chi connectivity index (χ0n) is 13.8. The average molecular weight is 433 g/mol. The molecule has 1 heterocycles. The minimum absolute atomic E-state index is 0.248. The summed E-state index contributed by atoms with van der Waals surface area (Å²) >= 11 is 2.28. The van der Waals surface area contributed by atoms with E-state index in [1.165, 1.54) is 3.58 Å². The van der Waals surface area contributed by atoms with Crippen LogP contribution in [0.5, 0.6) is 5.75 Å². The van der Waals surface area contributed by atoms with Gasteiger partial charge in [0.15, 0.2) is 0 Å². The molecule has 0 saturated carbocycles. The fraction of sp³-hybridized carbons (Fsp3) is 0.250. The lowest BCUT2D eigenvalue weighted by molar-refractivity contribution is -0.129. The Balaban J connectivity index is 1.68. The van der Waals surface area contributed by atoms with Crippen molar-refractivity contribution < 1.29 is 9.53 Å². The number of carbonyl (C=O) groups excluding carboxylic acids is 1. The number of allylic oxidation sites excluding steroid dienone is 4. The summed E-state index contributed by atoms with van der Waals surface area (Å²) in [6.07, 6.45) is 12.9. The number of halogens is 1. The van der Waals surface area contributed by atoms with Crippen LogP contribution in [0.2, 0.25) is 0 Å². The number of esters is 1. The SMILES string of the molecule is CC1C=CC(C(=O)Oc2ccc(C3(C)C=CC(I)=CN3)cc2)=CC1. The van der Waals surface area contributed by atoms with Crippen LogP contribution in [0.1, 0.15) is 25.8 Å². The summed E-state index contributed by atoms with van der Waals surface area (Å²) in [6.45, 7) is 4.24. The van der Waals surface area contributed by atoms with Crippen LogP contribution in [-0.4, -0.2) is 5.97 Å². The second kappa shape index (κ2) is 6.97. The smallest absolute Gasteiger partial charge is 0.343 e. The predicted molar refractivity (Wildman–Crippen MR) is 105 cm³/mol. The Labute approximate surface area is 156 Å². The number of benzene rings is 1. The monoisotopic (exact) mass is 433 g/mol. The van der Waals surface area contributed by atoms with Crippen molar-refractivity contribution in [3.05, 3.63) is 75.6 Å². The van der Waals surface area contributed by atoms with Crippen molar-refractivity contribution in [2.24, 2.45) is 5.92 Å². The first kappa shape index (κ1) is 17.0. The van der Waals surface area contributed by atoms with E-state index in [1.54, 1.807) is 0 Å². The van der Waals surface area contributed by atoms with Gasteiger partial charge in [0.2, 0.25) is 0 Å². The van der Waals surface area contributed by atoms with Crippen LogP contribution >= 0.6 is 22.6 Å². The van der Waals surface area contributed by atoms with E-state index in [0.29, 0.717) is 17.2 Å². The van der Waals surface area contributed by atoms with E-state index < -0.39 is 0 Å². The third kappa shape index (κ3) is 3.80. The molecule has 24 heavy (non-hydrogen) atoms. The molecule has 2 aliphatic rings. The molecule has 0 aromatic heterocycles. The molecule has 1 aromatic carbocycles. The molecule has 1 aliphatic heterocycles. The molecule has 2 atom stereocenters. The second-order valence-corrected chi connectivity index (χ2v) is 7.60. The van der Waals surface area contributed by atoms with E-state index >= 15 is 0 Å². The number of carbonyl (C=O) groups is 1. The van der Waals surface area contributed by atoms with Crippen molar-refractivity contribution in [3.63, 3.8) is 0 Å². The molecule has 124 valence electrons. The highest BCUT2D eigenvalue weighted by molar-refractivity contribution is 14.1. The number of hydrogen-bond acceptors (Lipinski definition) is 3. The van der Waals surface area contributed by atoms with E-state index in [9.17, 15) is 4.79 Å². The fourth-order valence-corrected chi connectivity index (χ4v) is 2.99. The van der Waals surface area contributed by atoms with Crippen LogP contribution < -0.4 is 10.1 Å². The summed E-state index contributed by atoms with van der Waals surface area (Å²) in [5, 5.41) is 3.40. The lowest BCUT2D eigenvalue weighted by atomic mass is 9.90. The molecule has 0 radical (unpaired) electrons. The van der Waals surface area contributed by atoms with Gasteiger partial charge in [0.05, 0.1) is 11.1 Å². The number of hydrogen-bond donors (Lipinski definition) is 1. The first-order valence-electron chi connectivity index (χ1n) is 8.00. The van der Waals surface area contributed by atoms with Gasteiger partial charge in [0.1, 0.15) is 5.75 Å². The number of ether oxygens (including phenoxy) is 1. The third-order valence-electron chi connectivity index (χ3n) is 4.30. The summed E-state index contributed by atoms with van der Waals surface area (Å²) in [4.78, 5) is 12.2. The Morgan fingerprint density at radius 3 is 2.62 bits per heavy atom. The number of nitrogens with one attached hydrogen (secondary N) is 1. The zero-order chi connectivity index (χ0) is 17.2. The minimum Gasteiger partial charge on any atom is -0.423 e. The zero-order valence-corrected chi connectivity index (χ0v) is 15.9. The largest absolute Gasteiger partial charge is 0.423 e. The molecule has 3 rings (SSSR count). The molecule has 0 spiro atoms. The molecule has 1 aliphatic carbocycles. The molecule has 1 aromatic rings. The fourth-order valence-electron chi connectivity index (χ4n) is 2.65. The Hall–Kier alpha value is -1.82. The molecule has 0 fully saturated rings. The third-order valence-corrected chi connectivity index (χ3v) is 4.97. The average Bonchev–Trinajstić information content (AvgIpc) is 2.59. The highest BCUT2D eigenvalue weighted by atomic mass is 127. The molecule has 2 unspecified atom stereocenters. The Morgan fingerprint density at radius 1 is 1.29 bits per heavy atom. The van der Waals surface area contributed by atoms with Crippen LogP contribution in [0, 0.1) is 5.92 Å². The van der Waals surface area contributed by atoms with Gasteiger partial charge in [-0.3, -0.25) is 0 Å². The highest BCUT2D eigenvalue weighted by Gasteiger charge is 2.24. The summed E-state index contributed by atoms with van der Waals surface area (Å²) in [5.41, 5.74) is 1.49. The quantitative estimate of drug-likeness (QED) is 0.424. The van der Waals surface area contributed by atoms with Gasteiger partial charge in [-0.05, 0) is 65.6 Å². The number of dihydropyridines is 1. The van der Waals surface area contributed by atoms with Crippen molar-refractivity contribution in [1.82, 2.24) is 5.32 Å². The van der Waals surface area contributed by atoms with Crippen LogP contribution in [0.15, 0.2) is 70.0 Å². The first-order valence-corrected chi connectivity index (χ1v) is 9.08. The first-order chi connectivity index (χ1) is 11.5. The minimum atomic E-state index is -0.301. The van der Waals surface area contributed by atoms with E-state index in [2.05, 4.69) is 53.9 Å². The van der Waals surface area contributed by atoms with E-state index in [1.807, 2.05) is 48.7 Å². The molecule has 3 nitrogen and oxygen atoms in total. The van der Waals surface area contributed by atoms with Gasteiger partial charge >= 0.3 is 5.97 Å². The maximum Gasteiger partial charge on any atom is 0.343 e. The van der Waals surface area contributed by atoms with Gasteiger partial charge < -0.3 is 10.1 Å². The van der Waals surface area contributed by atoms with Crippen molar-refractivity contribution in [1.29, 1.82) is 0 Å². The van der Waals surface area contributed by atoms with Gasteiger partial charge in [-0.1, -0.05) is 43.4 Å². The van der Waals surface area contributed by atoms with Crippen LogP contribution in [-0.2, 0) is 10.3 Å². The van der Waals surface area contributed by atoms with Crippen molar-refractivity contribution in [2.45, 2.75) is 25.8 Å². The van der Waals surface area contributed by atoms with Gasteiger partial charge in [0, 0.05) is 9.78 Å². The lowest BCUT2D eigenvalue weighted by Crippen LogP contribution is -2.35. The second-order valence-electron chi connectivity index (χ2n) is 6.35. The van der Waals surface area contributed by atoms with Gasteiger partial charge in [-0.25, -0.2) is 4.79 Å². The van der Waals surface area contributed by atoms with Crippen molar-refractivity contribution in [3.8, 4) is 5.75 Å². The van der Waals surface area contributed by atoms with Gasteiger partial charge in [-0.15, -0.1) is 0 Å². The topological polar surface area (TPSA) is 38.3 Å². The summed E-state index contributed by atoms with van der Waals surface area (Å²) < 4.78 is 6.64. The lowest BCUT2D eigenvalue weighted by Gasteiger charge is -2.30. The Bertz CT molecular complexity index is 758. The van der Waals surface area contributed by atoms with Crippen LogP contribution in [0.25, 0.3) is 0 Å². The maximum absolute atomic E-state index is 12.2. The highest BCUT2D eigenvalue weighted by Crippen LogP contribution is 2.29. The van der Waals surface area contributed by atoms with Crippen LogP contribution in [0.3, 0.4) is 0 Å². The predicted octanol–water partition coefficient (Wildman–Crippen LogP) is 4.77. The number of rotatable bonds is 3. The van der Waals surface area contributed by atoms with Crippen LogP contribution in [0.4, 0.5) is 0 Å². The molecule has 1 N–H and O–H groups in total. The van der Waals surface area contributed by atoms with Crippen molar-refractivity contribution in [2.75, 3.05) is 0 Å². The molecular weight excluding hydrogens is 413 g/mol. The van der Waals surface area contributed by atoms with E-state index in [4.69, 9.17) is 4.74 Å². The van der Waals surface area contributed by atoms with E-state index in [-0.39, 0.29) is 11.5 Å². The van der Waals surface area contributed by atoms with Gasteiger partial charge in [-0.2, -0.15) is 0 Å².